The summed E-state index contributed by atoms with van der Waals surface area (Å²) in [7, 11) is 0. The van der Waals surface area contributed by atoms with Crippen LogP contribution in [0.25, 0.3) is 22.6 Å². The third-order valence-corrected chi connectivity index (χ3v) is 7.00. The minimum absolute atomic E-state index is 0.211. The van der Waals surface area contributed by atoms with Crippen molar-refractivity contribution < 1.29 is 14.7 Å². The van der Waals surface area contributed by atoms with E-state index in [4.69, 9.17) is 4.98 Å². The Morgan fingerprint density at radius 1 is 0.875 bits per heavy atom. The fourth-order valence-electron chi connectivity index (χ4n) is 5.07. The Kier molecular flexibility index (Phi) is 6.77. The number of hydrogen-bond donors (Lipinski definition) is 3. The van der Waals surface area contributed by atoms with E-state index in [0.29, 0.717) is 29.8 Å². The number of carbonyl (C=O) groups is 2. The molecule has 1 aliphatic rings. The monoisotopic (exact) mass is 526 g/mol. The van der Waals surface area contributed by atoms with Gasteiger partial charge in [0.25, 0.3) is 11.8 Å². The average molecular weight is 527 g/mol. The predicted molar refractivity (Wildman–Crippen MR) is 156 cm³/mol. The number of carbonyl (C=O) groups excluding carboxylic acids is 2. The van der Waals surface area contributed by atoms with Crippen molar-refractivity contribution in [2.45, 2.75) is 19.4 Å². The van der Waals surface area contributed by atoms with Gasteiger partial charge < -0.3 is 15.7 Å². The first-order valence-corrected chi connectivity index (χ1v) is 13.1. The molecule has 0 saturated heterocycles. The van der Waals surface area contributed by atoms with E-state index in [1.807, 2.05) is 48.5 Å². The van der Waals surface area contributed by atoms with E-state index in [1.54, 1.807) is 48.8 Å². The SMILES string of the molecule is O=C(NCc1cccnc1)c1ccccc1NC(=O)c1c2c(nc3ccccc13)/C(=C/c1ccc(O)cc1)CC2. The van der Waals surface area contributed by atoms with Gasteiger partial charge in [0.2, 0.25) is 0 Å². The number of para-hydroxylation sites is 2. The van der Waals surface area contributed by atoms with E-state index in [2.05, 4.69) is 21.7 Å². The second-order valence-electron chi connectivity index (χ2n) is 9.64. The van der Waals surface area contributed by atoms with Crippen molar-refractivity contribution in [1.82, 2.24) is 15.3 Å². The molecule has 5 aromatic rings. The van der Waals surface area contributed by atoms with Crippen LogP contribution in [0.1, 0.15) is 49.5 Å². The maximum Gasteiger partial charge on any atom is 0.256 e. The van der Waals surface area contributed by atoms with Gasteiger partial charge in [-0.05, 0) is 77.6 Å². The number of hydrogen-bond acceptors (Lipinski definition) is 5. The van der Waals surface area contributed by atoms with Crippen molar-refractivity contribution in [2.24, 2.45) is 0 Å². The van der Waals surface area contributed by atoms with Gasteiger partial charge in [-0.1, -0.05) is 48.5 Å². The van der Waals surface area contributed by atoms with Crippen LogP contribution in [-0.4, -0.2) is 26.9 Å². The van der Waals surface area contributed by atoms with Crippen molar-refractivity contribution >= 4 is 40.1 Å². The second-order valence-corrected chi connectivity index (χ2v) is 9.64. The molecule has 0 spiro atoms. The summed E-state index contributed by atoms with van der Waals surface area (Å²) in [5.41, 5.74) is 6.68. The first-order valence-electron chi connectivity index (χ1n) is 13.1. The first-order chi connectivity index (χ1) is 19.6. The number of anilines is 1. The lowest BCUT2D eigenvalue weighted by atomic mass is 9.99. The van der Waals surface area contributed by atoms with Crippen molar-refractivity contribution in [3.63, 3.8) is 0 Å². The van der Waals surface area contributed by atoms with Crippen molar-refractivity contribution in [2.75, 3.05) is 5.32 Å². The summed E-state index contributed by atoms with van der Waals surface area (Å²) in [6, 6.07) is 25.3. The van der Waals surface area contributed by atoms with E-state index in [1.165, 1.54) is 0 Å². The number of aromatic nitrogens is 2. The highest BCUT2D eigenvalue weighted by atomic mass is 16.3. The van der Waals surface area contributed by atoms with E-state index >= 15 is 0 Å². The lowest BCUT2D eigenvalue weighted by molar-refractivity contribution is 0.0951. The minimum Gasteiger partial charge on any atom is -0.508 e. The number of nitrogens with one attached hydrogen (secondary N) is 2. The Morgan fingerprint density at radius 2 is 1.68 bits per heavy atom. The van der Waals surface area contributed by atoms with Crippen LogP contribution < -0.4 is 10.6 Å². The standard InChI is InChI=1S/C33H26N4O3/c38-24-14-11-21(12-15-24)18-23-13-16-27-30(25-7-1-3-9-28(25)36-31(23)27)33(40)37-29-10-4-2-8-26(29)32(39)35-20-22-6-5-17-34-19-22/h1-12,14-15,17-19,38H,13,16,20H2,(H,35,39)(H,37,40)/b23-18+. The molecule has 2 heterocycles. The molecule has 6 rings (SSSR count). The van der Waals surface area contributed by atoms with Gasteiger partial charge in [-0.3, -0.25) is 14.6 Å². The van der Waals surface area contributed by atoms with Crippen LogP contribution in [0.4, 0.5) is 5.69 Å². The summed E-state index contributed by atoms with van der Waals surface area (Å²) >= 11 is 0. The number of phenolic OH excluding ortho intramolecular Hbond substituents is 1. The number of fused-ring (bicyclic) bond motifs is 2. The Labute approximate surface area is 231 Å². The number of pyridine rings is 2. The topological polar surface area (TPSA) is 104 Å². The number of nitrogens with zero attached hydrogens (tertiary/aromatic N) is 2. The van der Waals surface area contributed by atoms with Crippen LogP contribution in [0.2, 0.25) is 0 Å². The van der Waals surface area contributed by atoms with Crippen molar-refractivity contribution in [3.05, 3.63) is 131 Å². The Morgan fingerprint density at radius 3 is 2.50 bits per heavy atom. The summed E-state index contributed by atoms with van der Waals surface area (Å²) in [5, 5.41) is 16.3. The number of rotatable bonds is 6. The summed E-state index contributed by atoms with van der Waals surface area (Å²) in [4.78, 5) is 36.0. The highest BCUT2D eigenvalue weighted by molar-refractivity contribution is 6.16. The molecule has 3 aromatic carbocycles. The normalized spacial score (nSPS) is 13.2. The highest BCUT2D eigenvalue weighted by Crippen LogP contribution is 2.38. The maximum atomic E-state index is 13.9. The highest BCUT2D eigenvalue weighted by Gasteiger charge is 2.27. The summed E-state index contributed by atoms with van der Waals surface area (Å²) in [6.45, 7) is 0.327. The summed E-state index contributed by atoms with van der Waals surface area (Å²) in [6.07, 6.45) is 6.85. The molecule has 0 saturated carbocycles. The molecule has 40 heavy (non-hydrogen) atoms. The quantitative estimate of drug-likeness (QED) is 0.252. The fourth-order valence-corrected chi connectivity index (χ4v) is 5.07. The molecule has 7 nitrogen and oxygen atoms in total. The Hall–Kier alpha value is -5.30. The zero-order valence-electron chi connectivity index (χ0n) is 21.6. The first kappa shape index (κ1) is 25.0. The van der Waals surface area contributed by atoms with Gasteiger partial charge in [-0.2, -0.15) is 0 Å². The predicted octanol–water partition coefficient (Wildman–Crippen LogP) is 6.00. The number of phenols is 1. The van der Waals surface area contributed by atoms with Gasteiger partial charge in [-0.15, -0.1) is 0 Å². The van der Waals surface area contributed by atoms with Gasteiger partial charge in [0.15, 0.2) is 0 Å². The van der Waals surface area contributed by atoms with E-state index in [-0.39, 0.29) is 17.6 Å². The number of amides is 2. The molecule has 0 radical (unpaired) electrons. The maximum absolute atomic E-state index is 13.9. The lowest BCUT2D eigenvalue weighted by Gasteiger charge is -2.15. The van der Waals surface area contributed by atoms with Crippen molar-refractivity contribution in [3.8, 4) is 5.75 Å². The fraction of sp³-hybridized carbons (Fsp3) is 0.0909. The zero-order chi connectivity index (χ0) is 27.5. The molecule has 196 valence electrons. The molecular formula is C33H26N4O3. The van der Waals surface area contributed by atoms with Crippen LogP contribution >= 0.6 is 0 Å². The average Bonchev–Trinajstić information content (AvgIpc) is 3.38. The summed E-state index contributed by atoms with van der Waals surface area (Å²) in [5.74, 6) is -0.361. The molecule has 7 heteroatoms. The van der Waals surface area contributed by atoms with E-state index in [0.717, 1.165) is 45.3 Å². The third kappa shape index (κ3) is 5.05. The van der Waals surface area contributed by atoms with Crippen LogP contribution in [0.15, 0.2) is 97.3 Å². The van der Waals surface area contributed by atoms with Gasteiger partial charge >= 0.3 is 0 Å². The van der Waals surface area contributed by atoms with E-state index in [9.17, 15) is 14.7 Å². The molecule has 0 unspecified atom stereocenters. The van der Waals surface area contributed by atoms with Crippen LogP contribution in [0.5, 0.6) is 5.75 Å². The minimum atomic E-state index is -0.288. The van der Waals surface area contributed by atoms with Gasteiger partial charge in [0.05, 0.1) is 28.0 Å². The zero-order valence-corrected chi connectivity index (χ0v) is 21.6. The van der Waals surface area contributed by atoms with Crippen LogP contribution in [0, 0.1) is 0 Å². The second kappa shape index (κ2) is 10.8. The molecule has 0 fully saturated rings. The summed E-state index contributed by atoms with van der Waals surface area (Å²) < 4.78 is 0. The third-order valence-electron chi connectivity index (χ3n) is 7.00. The molecule has 1 aliphatic carbocycles. The van der Waals surface area contributed by atoms with Crippen LogP contribution in [-0.2, 0) is 13.0 Å². The number of allylic oxidation sites excluding steroid dienone is 1. The molecule has 0 aliphatic heterocycles. The van der Waals surface area contributed by atoms with E-state index < -0.39 is 0 Å². The van der Waals surface area contributed by atoms with Crippen LogP contribution in [0.3, 0.4) is 0 Å². The molecule has 2 amide bonds. The van der Waals surface area contributed by atoms with Crippen molar-refractivity contribution in [1.29, 1.82) is 0 Å². The smallest absolute Gasteiger partial charge is 0.256 e. The molecule has 0 bridgehead atoms. The Balaban J connectivity index is 1.33. The molecule has 2 aromatic heterocycles. The lowest BCUT2D eigenvalue weighted by Crippen LogP contribution is -2.25. The van der Waals surface area contributed by atoms with Gasteiger partial charge in [0.1, 0.15) is 5.75 Å². The molecule has 0 atom stereocenters. The molecular weight excluding hydrogens is 500 g/mol. The van der Waals surface area contributed by atoms with Gasteiger partial charge in [-0.25, -0.2) is 4.98 Å². The number of aromatic hydroxyl groups is 1. The van der Waals surface area contributed by atoms with Gasteiger partial charge in [0, 0.05) is 24.3 Å². The largest absolute Gasteiger partial charge is 0.508 e. The Bertz CT molecular complexity index is 1760. The molecule has 3 N–H and O–H groups in total. The number of benzene rings is 3.